The molecule has 2 aliphatic rings. The van der Waals surface area contributed by atoms with Gasteiger partial charge in [0.25, 0.3) is 0 Å². The number of carbonyl (C=O) groups excluding carboxylic acids is 1. The highest BCUT2D eigenvalue weighted by Crippen LogP contribution is 2.26. The first-order chi connectivity index (χ1) is 10.1. The fraction of sp³-hybridized carbons (Fsp3) is 0.733. The van der Waals surface area contributed by atoms with Crippen molar-refractivity contribution in [2.24, 2.45) is 7.05 Å². The van der Waals surface area contributed by atoms with E-state index in [1.807, 2.05) is 25.1 Å². The Bertz CT molecular complexity index is 508. The van der Waals surface area contributed by atoms with E-state index >= 15 is 0 Å². The van der Waals surface area contributed by atoms with Gasteiger partial charge in [-0.25, -0.2) is 4.98 Å². The number of morpholine rings is 1. The summed E-state index contributed by atoms with van der Waals surface area (Å²) in [6.45, 7) is 7.39. The van der Waals surface area contributed by atoms with Gasteiger partial charge in [-0.1, -0.05) is 0 Å². The molecule has 1 aromatic rings. The standard InChI is InChI=1S/C15H24N4O2/c1-12-9-17(2)15(16-12)13-3-4-19(10-13)14(20)11-18-5-7-21-8-6-18/h9,13H,3-8,10-11H2,1-2H3/t13-/m1/s1. The van der Waals surface area contributed by atoms with Gasteiger partial charge in [0.1, 0.15) is 5.82 Å². The van der Waals surface area contributed by atoms with Crippen LogP contribution in [0.5, 0.6) is 0 Å². The molecule has 2 aliphatic heterocycles. The molecule has 3 heterocycles. The number of ether oxygens (including phenoxy) is 1. The summed E-state index contributed by atoms with van der Waals surface area (Å²) in [5.41, 5.74) is 1.05. The van der Waals surface area contributed by atoms with Crippen molar-refractivity contribution < 1.29 is 9.53 Å². The molecule has 0 saturated carbocycles. The second kappa shape index (κ2) is 6.15. The Morgan fingerprint density at radius 3 is 2.81 bits per heavy atom. The van der Waals surface area contributed by atoms with Gasteiger partial charge >= 0.3 is 0 Å². The minimum Gasteiger partial charge on any atom is -0.379 e. The van der Waals surface area contributed by atoms with Crippen molar-refractivity contribution in [3.05, 3.63) is 17.7 Å². The summed E-state index contributed by atoms with van der Waals surface area (Å²) in [6, 6.07) is 0. The summed E-state index contributed by atoms with van der Waals surface area (Å²) < 4.78 is 7.41. The molecule has 0 unspecified atom stereocenters. The van der Waals surface area contributed by atoms with Crippen LogP contribution in [0.3, 0.4) is 0 Å². The zero-order valence-electron chi connectivity index (χ0n) is 12.9. The van der Waals surface area contributed by atoms with Crippen LogP contribution in [0.15, 0.2) is 6.20 Å². The second-order valence-electron chi connectivity index (χ2n) is 6.07. The minimum absolute atomic E-state index is 0.241. The van der Waals surface area contributed by atoms with Gasteiger partial charge in [0.15, 0.2) is 0 Å². The van der Waals surface area contributed by atoms with Crippen LogP contribution in [0.25, 0.3) is 0 Å². The number of hydrogen-bond acceptors (Lipinski definition) is 4. The third-order valence-electron chi connectivity index (χ3n) is 4.40. The maximum absolute atomic E-state index is 12.4. The monoisotopic (exact) mass is 292 g/mol. The molecule has 1 amide bonds. The lowest BCUT2D eigenvalue weighted by Gasteiger charge is -2.28. The van der Waals surface area contributed by atoms with Crippen LogP contribution in [0.2, 0.25) is 0 Å². The Morgan fingerprint density at radius 2 is 2.14 bits per heavy atom. The molecule has 6 nitrogen and oxygen atoms in total. The highest BCUT2D eigenvalue weighted by atomic mass is 16.5. The van der Waals surface area contributed by atoms with E-state index < -0.39 is 0 Å². The fourth-order valence-corrected chi connectivity index (χ4v) is 3.26. The lowest BCUT2D eigenvalue weighted by Crippen LogP contribution is -2.44. The number of rotatable bonds is 3. The van der Waals surface area contributed by atoms with Crippen molar-refractivity contribution >= 4 is 5.91 Å². The lowest BCUT2D eigenvalue weighted by atomic mass is 10.1. The quantitative estimate of drug-likeness (QED) is 0.808. The summed E-state index contributed by atoms with van der Waals surface area (Å²) in [5.74, 6) is 1.72. The van der Waals surface area contributed by atoms with E-state index in [1.54, 1.807) is 0 Å². The molecule has 2 saturated heterocycles. The van der Waals surface area contributed by atoms with Crippen molar-refractivity contribution in [3.63, 3.8) is 0 Å². The molecule has 2 fully saturated rings. The number of aryl methyl sites for hydroxylation is 2. The highest BCUT2D eigenvalue weighted by Gasteiger charge is 2.30. The van der Waals surface area contributed by atoms with Crippen molar-refractivity contribution in [3.8, 4) is 0 Å². The van der Waals surface area contributed by atoms with Crippen molar-refractivity contribution in [1.82, 2.24) is 19.4 Å². The lowest BCUT2D eigenvalue weighted by molar-refractivity contribution is -0.132. The van der Waals surface area contributed by atoms with Crippen molar-refractivity contribution in [1.29, 1.82) is 0 Å². The van der Waals surface area contributed by atoms with E-state index in [2.05, 4.69) is 14.5 Å². The number of nitrogens with zero attached hydrogens (tertiary/aromatic N) is 4. The zero-order valence-corrected chi connectivity index (χ0v) is 12.9. The Labute approximate surface area is 125 Å². The first-order valence-corrected chi connectivity index (χ1v) is 7.71. The molecule has 0 radical (unpaired) electrons. The Morgan fingerprint density at radius 1 is 1.38 bits per heavy atom. The Hall–Kier alpha value is -1.40. The largest absolute Gasteiger partial charge is 0.379 e. The van der Waals surface area contributed by atoms with Crippen LogP contribution in [0.1, 0.15) is 23.9 Å². The zero-order chi connectivity index (χ0) is 14.8. The van der Waals surface area contributed by atoms with Gasteiger partial charge < -0.3 is 14.2 Å². The first-order valence-electron chi connectivity index (χ1n) is 7.71. The summed E-state index contributed by atoms with van der Waals surface area (Å²) in [4.78, 5) is 21.2. The van der Waals surface area contributed by atoms with Crippen LogP contribution in [-0.4, -0.2) is 71.2 Å². The van der Waals surface area contributed by atoms with E-state index in [-0.39, 0.29) is 5.91 Å². The van der Waals surface area contributed by atoms with Gasteiger partial charge in [0.05, 0.1) is 25.5 Å². The summed E-state index contributed by atoms with van der Waals surface area (Å²) in [6.07, 6.45) is 3.06. The number of aromatic nitrogens is 2. The normalized spacial score (nSPS) is 23.7. The topological polar surface area (TPSA) is 50.6 Å². The molecule has 21 heavy (non-hydrogen) atoms. The number of carbonyl (C=O) groups is 1. The molecule has 0 aliphatic carbocycles. The molecular weight excluding hydrogens is 268 g/mol. The summed E-state index contributed by atoms with van der Waals surface area (Å²) in [5, 5.41) is 0. The predicted octanol–water partition coefficient (Wildman–Crippen LogP) is 0.377. The highest BCUT2D eigenvalue weighted by molar-refractivity contribution is 5.78. The van der Waals surface area contributed by atoms with Crippen LogP contribution in [0, 0.1) is 6.92 Å². The van der Waals surface area contributed by atoms with E-state index in [9.17, 15) is 4.79 Å². The van der Waals surface area contributed by atoms with Crippen molar-refractivity contribution in [2.45, 2.75) is 19.3 Å². The molecule has 116 valence electrons. The Balaban J connectivity index is 1.56. The van der Waals surface area contributed by atoms with Gasteiger partial charge in [0.2, 0.25) is 5.91 Å². The molecule has 0 bridgehead atoms. The van der Waals surface area contributed by atoms with Crippen LogP contribution >= 0.6 is 0 Å². The fourth-order valence-electron chi connectivity index (χ4n) is 3.26. The summed E-state index contributed by atoms with van der Waals surface area (Å²) >= 11 is 0. The average Bonchev–Trinajstić information content (AvgIpc) is 3.06. The number of hydrogen-bond donors (Lipinski definition) is 0. The predicted molar refractivity (Wildman–Crippen MR) is 79.1 cm³/mol. The maximum Gasteiger partial charge on any atom is 0.236 e. The second-order valence-corrected chi connectivity index (χ2v) is 6.07. The van der Waals surface area contributed by atoms with Crippen LogP contribution < -0.4 is 0 Å². The maximum atomic E-state index is 12.4. The molecule has 0 N–H and O–H groups in total. The number of amides is 1. The van der Waals surface area contributed by atoms with Gasteiger partial charge in [-0.15, -0.1) is 0 Å². The van der Waals surface area contributed by atoms with Gasteiger partial charge in [-0.3, -0.25) is 9.69 Å². The van der Waals surface area contributed by atoms with Gasteiger partial charge in [0, 0.05) is 45.3 Å². The molecule has 0 spiro atoms. The molecule has 1 aromatic heterocycles. The smallest absolute Gasteiger partial charge is 0.236 e. The molecule has 0 aromatic carbocycles. The Kier molecular flexibility index (Phi) is 4.26. The number of imidazole rings is 1. The van der Waals surface area contributed by atoms with Gasteiger partial charge in [-0.05, 0) is 13.3 Å². The molecule has 6 heteroatoms. The average molecular weight is 292 g/mol. The SMILES string of the molecule is Cc1cn(C)c([C@@H]2CCN(C(=O)CN3CCOCC3)C2)n1. The molecular formula is C15H24N4O2. The molecule has 1 atom stereocenters. The van der Waals surface area contributed by atoms with Crippen LogP contribution in [-0.2, 0) is 16.6 Å². The van der Waals surface area contributed by atoms with Crippen molar-refractivity contribution in [2.75, 3.05) is 45.9 Å². The number of likely N-dealkylation sites (tertiary alicyclic amines) is 1. The third-order valence-corrected chi connectivity index (χ3v) is 4.40. The third kappa shape index (κ3) is 3.27. The van der Waals surface area contributed by atoms with E-state index in [0.29, 0.717) is 12.5 Å². The van der Waals surface area contributed by atoms with E-state index in [1.165, 1.54) is 0 Å². The van der Waals surface area contributed by atoms with Gasteiger partial charge in [-0.2, -0.15) is 0 Å². The van der Waals surface area contributed by atoms with E-state index in [4.69, 9.17) is 4.74 Å². The minimum atomic E-state index is 0.241. The first kappa shape index (κ1) is 14.5. The van der Waals surface area contributed by atoms with Crippen LogP contribution in [0.4, 0.5) is 0 Å². The van der Waals surface area contributed by atoms with E-state index in [0.717, 1.165) is 57.3 Å². The molecule has 3 rings (SSSR count). The summed E-state index contributed by atoms with van der Waals surface area (Å²) in [7, 11) is 2.04.